The number of hydrogen-bond donors (Lipinski definition) is 0. The van der Waals surface area contributed by atoms with Gasteiger partial charge in [-0.05, 0) is 43.5 Å². The molecule has 0 spiro atoms. The summed E-state index contributed by atoms with van der Waals surface area (Å²) in [5, 5.41) is 9.42. The molecule has 0 aliphatic carbocycles. The van der Waals surface area contributed by atoms with Crippen molar-refractivity contribution in [2.75, 3.05) is 18.5 Å². The average Bonchev–Trinajstić information content (AvgIpc) is 2.49. The molecule has 0 saturated heterocycles. The first-order valence-electron chi connectivity index (χ1n) is 7.53. The molecule has 0 radical (unpaired) electrons. The maximum Gasteiger partial charge on any atom is 0.119 e. The van der Waals surface area contributed by atoms with Gasteiger partial charge in [-0.3, -0.25) is 0 Å². The standard InChI is InChI=1S/C16H25BrN2O/c1-2-3-13-18-19-15-8-10-16(11-9-15)20-14-7-5-4-6-12-17/h8-11H,2-7,12-14H2,1H3. The molecule has 0 amide bonds. The van der Waals surface area contributed by atoms with Gasteiger partial charge in [-0.1, -0.05) is 42.1 Å². The van der Waals surface area contributed by atoms with Crippen molar-refractivity contribution >= 4 is 21.6 Å². The minimum absolute atomic E-state index is 0.791. The first-order chi connectivity index (χ1) is 9.86. The molecule has 0 heterocycles. The molecule has 0 saturated carbocycles. The molecule has 1 aromatic rings. The zero-order chi connectivity index (χ0) is 14.5. The molecule has 0 aliphatic rings. The number of unbranched alkanes of at least 4 members (excludes halogenated alkanes) is 4. The van der Waals surface area contributed by atoms with Crippen molar-refractivity contribution in [2.24, 2.45) is 10.2 Å². The van der Waals surface area contributed by atoms with E-state index >= 15 is 0 Å². The highest BCUT2D eigenvalue weighted by Gasteiger charge is 1.95. The second kappa shape index (κ2) is 11.9. The van der Waals surface area contributed by atoms with E-state index in [4.69, 9.17) is 4.74 Å². The Balaban J connectivity index is 2.19. The Labute approximate surface area is 131 Å². The Kier molecular flexibility index (Phi) is 10.2. The van der Waals surface area contributed by atoms with Gasteiger partial charge in [-0.25, -0.2) is 0 Å². The normalized spacial score (nSPS) is 11.1. The van der Waals surface area contributed by atoms with E-state index in [-0.39, 0.29) is 0 Å². The molecule has 0 aliphatic heterocycles. The van der Waals surface area contributed by atoms with Gasteiger partial charge < -0.3 is 4.74 Å². The topological polar surface area (TPSA) is 34.0 Å². The monoisotopic (exact) mass is 340 g/mol. The Bertz CT molecular complexity index is 365. The third-order valence-corrected chi connectivity index (χ3v) is 3.49. The molecule has 3 nitrogen and oxygen atoms in total. The lowest BCUT2D eigenvalue weighted by atomic mass is 10.2. The number of nitrogens with zero attached hydrogens (tertiary/aromatic N) is 2. The van der Waals surface area contributed by atoms with Crippen LogP contribution in [-0.4, -0.2) is 18.5 Å². The van der Waals surface area contributed by atoms with Crippen LogP contribution in [0.3, 0.4) is 0 Å². The number of alkyl halides is 1. The maximum atomic E-state index is 5.70. The Hall–Kier alpha value is -0.900. The lowest BCUT2D eigenvalue weighted by molar-refractivity contribution is 0.305. The van der Waals surface area contributed by atoms with Gasteiger partial charge in [-0.15, -0.1) is 0 Å². The minimum atomic E-state index is 0.791. The summed E-state index contributed by atoms with van der Waals surface area (Å²) in [7, 11) is 0. The van der Waals surface area contributed by atoms with Gasteiger partial charge in [0, 0.05) is 5.33 Å². The highest BCUT2D eigenvalue weighted by Crippen LogP contribution is 2.18. The molecule has 112 valence electrons. The van der Waals surface area contributed by atoms with Gasteiger partial charge in [0.05, 0.1) is 18.8 Å². The van der Waals surface area contributed by atoms with Crippen LogP contribution in [0.25, 0.3) is 0 Å². The minimum Gasteiger partial charge on any atom is -0.494 e. The highest BCUT2D eigenvalue weighted by atomic mass is 79.9. The number of ether oxygens (including phenoxy) is 1. The summed E-state index contributed by atoms with van der Waals surface area (Å²) >= 11 is 3.44. The van der Waals surface area contributed by atoms with Crippen LogP contribution in [0.15, 0.2) is 34.5 Å². The van der Waals surface area contributed by atoms with E-state index in [9.17, 15) is 0 Å². The average molecular weight is 341 g/mol. The third kappa shape index (κ3) is 8.31. The van der Waals surface area contributed by atoms with Crippen LogP contribution in [-0.2, 0) is 0 Å². The van der Waals surface area contributed by atoms with Gasteiger partial charge in [0.15, 0.2) is 0 Å². The van der Waals surface area contributed by atoms with E-state index in [2.05, 4.69) is 33.1 Å². The Morgan fingerprint density at radius 3 is 2.45 bits per heavy atom. The van der Waals surface area contributed by atoms with E-state index in [1.54, 1.807) is 0 Å². The summed E-state index contributed by atoms with van der Waals surface area (Å²) in [5.41, 5.74) is 0.894. The number of rotatable bonds is 11. The van der Waals surface area contributed by atoms with Crippen molar-refractivity contribution in [3.63, 3.8) is 0 Å². The van der Waals surface area contributed by atoms with Gasteiger partial charge in [-0.2, -0.15) is 10.2 Å². The van der Waals surface area contributed by atoms with Crippen LogP contribution in [0.4, 0.5) is 5.69 Å². The van der Waals surface area contributed by atoms with Crippen LogP contribution in [0.1, 0.15) is 45.4 Å². The van der Waals surface area contributed by atoms with Crippen molar-refractivity contribution in [3.05, 3.63) is 24.3 Å². The molecule has 0 fully saturated rings. The first-order valence-corrected chi connectivity index (χ1v) is 8.65. The van der Waals surface area contributed by atoms with E-state index in [1.165, 1.54) is 19.3 Å². The molecule has 0 bridgehead atoms. The summed E-state index contributed by atoms with van der Waals surface area (Å²) in [6.45, 7) is 3.75. The molecular formula is C16H25BrN2O. The molecule has 0 unspecified atom stereocenters. The number of hydrogen-bond acceptors (Lipinski definition) is 3. The third-order valence-electron chi connectivity index (χ3n) is 2.93. The van der Waals surface area contributed by atoms with Crippen LogP contribution in [0, 0.1) is 0 Å². The van der Waals surface area contributed by atoms with Crippen LogP contribution in [0.2, 0.25) is 0 Å². The molecule has 4 heteroatoms. The van der Waals surface area contributed by atoms with Crippen molar-refractivity contribution < 1.29 is 4.74 Å². The first kappa shape index (κ1) is 17.2. The fourth-order valence-electron chi connectivity index (χ4n) is 1.71. The molecule has 20 heavy (non-hydrogen) atoms. The predicted molar refractivity (Wildman–Crippen MR) is 88.5 cm³/mol. The lowest BCUT2D eigenvalue weighted by Gasteiger charge is -2.05. The number of azo groups is 1. The predicted octanol–water partition coefficient (Wildman–Crippen LogP) is 5.90. The van der Waals surface area contributed by atoms with E-state index < -0.39 is 0 Å². The Morgan fingerprint density at radius 2 is 1.75 bits per heavy atom. The maximum absolute atomic E-state index is 5.70. The summed E-state index contributed by atoms with van der Waals surface area (Å²) in [5.74, 6) is 0.915. The van der Waals surface area contributed by atoms with Crippen molar-refractivity contribution in [1.82, 2.24) is 0 Å². The molecule has 0 N–H and O–H groups in total. The van der Waals surface area contributed by atoms with Crippen molar-refractivity contribution in [1.29, 1.82) is 0 Å². The second-order valence-corrected chi connectivity index (χ2v) is 5.56. The van der Waals surface area contributed by atoms with E-state index in [1.807, 2.05) is 24.3 Å². The quantitative estimate of drug-likeness (QED) is 0.280. The fraction of sp³-hybridized carbons (Fsp3) is 0.625. The second-order valence-electron chi connectivity index (χ2n) is 4.76. The summed E-state index contributed by atoms with van der Waals surface area (Å²) in [4.78, 5) is 0. The summed E-state index contributed by atoms with van der Waals surface area (Å²) < 4.78 is 5.70. The summed E-state index contributed by atoms with van der Waals surface area (Å²) in [6.07, 6.45) is 7.12. The molecule has 1 aromatic carbocycles. The summed E-state index contributed by atoms with van der Waals surface area (Å²) in [6, 6.07) is 7.84. The van der Waals surface area contributed by atoms with Crippen molar-refractivity contribution in [2.45, 2.75) is 45.4 Å². The SMILES string of the molecule is CCCCN=Nc1ccc(OCCCCCCBr)cc1. The van der Waals surface area contributed by atoms with Crippen LogP contribution in [0.5, 0.6) is 5.75 Å². The molecule has 1 rings (SSSR count). The fourth-order valence-corrected chi connectivity index (χ4v) is 2.11. The highest BCUT2D eigenvalue weighted by molar-refractivity contribution is 9.09. The lowest BCUT2D eigenvalue weighted by Crippen LogP contribution is -1.96. The molecule has 0 aromatic heterocycles. The van der Waals surface area contributed by atoms with Crippen molar-refractivity contribution in [3.8, 4) is 5.75 Å². The molecular weight excluding hydrogens is 316 g/mol. The van der Waals surface area contributed by atoms with Gasteiger partial charge in [0.25, 0.3) is 0 Å². The van der Waals surface area contributed by atoms with Gasteiger partial charge >= 0.3 is 0 Å². The molecule has 0 atom stereocenters. The number of halogens is 1. The Morgan fingerprint density at radius 1 is 1.00 bits per heavy atom. The smallest absolute Gasteiger partial charge is 0.119 e. The zero-order valence-corrected chi connectivity index (χ0v) is 13.9. The van der Waals surface area contributed by atoms with E-state index in [0.717, 1.165) is 49.2 Å². The van der Waals surface area contributed by atoms with Crippen LogP contribution < -0.4 is 4.74 Å². The van der Waals surface area contributed by atoms with Gasteiger partial charge in [0.2, 0.25) is 0 Å². The van der Waals surface area contributed by atoms with E-state index in [0.29, 0.717) is 0 Å². The largest absolute Gasteiger partial charge is 0.494 e. The van der Waals surface area contributed by atoms with Crippen LogP contribution >= 0.6 is 15.9 Å². The van der Waals surface area contributed by atoms with Gasteiger partial charge in [0.1, 0.15) is 5.75 Å². The number of benzene rings is 1. The zero-order valence-electron chi connectivity index (χ0n) is 12.4.